The Morgan fingerprint density at radius 1 is 1.12 bits per heavy atom. The summed E-state index contributed by atoms with van der Waals surface area (Å²) in [7, 11) is -1.38. The highest BCUT2D eigenvalue weighted by molar-refractivity contribution is 6.76. The third-order valence-electron chi connectivity index (χ3n) is 2.83. The van der Waals surface area contributed by atoms with Gasteiger partial charge in [-0.1, -0.05) is 37.8 Å². The maximum atomic E-state index is 13.9. The Hall–Kier alpha value is -0.0531. The lowest BCUT2D eigenvalue weighted by atomic mass is 9.86. The summed E-state index contributed by atoms with van der Waals surface area (Å²) in [6.45, 7) is 6.76. The average molecular weight is 293 g/mol. The first-order valence-corrected chi connectivity index (χ1v) is 10.5. The van der Waals surface area contributed by atoms with E-state index in [0.29, 0.717) is 17.3 Å². The molecule has 0 nitrogen and oxygen atoms in total. The molecule has 4 heteroatoms. The Bertz CT molecular complexity index is 370. The number of benzene rings is 1. The lowest BCUT2D eigenvalue weighted by Gasteiger charge is -2.35. The van der Waals surface area contributed by atoms with Crippen molar-refractivity contribution in [3.63, 3.8) is 0 Å². The van der Waals surface area contributed by atoms with Crippen molar-refractivity contribution in [2.75, 3.05) is 11.8 Å². The first kappa shape index (κ1) is 15.0. The Morgan fingerprint density at radius 2 is 1.65 bits per heavy atom. The predicted octanol–water partition coefficient (Wildman–Crippen LogP) is 4.88. The van der Waals surface area contributed by atoms with E-state index in [1.807, 2.05) is 6.07 Å². The van der Waals surface area contributed by atoms with E-state index in [9.17, 15) is 4.39 Å². The van der Waals surface area contributed by atoms with E-state index in [0.717, 1.165) is 6.04 Å². The molecule has 0 saturated carbocycles. The highest BCUT2D eigenvalue weighted by Gasteiger charge is 2.37. The number of hydrogen-bond acceptors (Lipinski definition) is 0. The van der Waals surface area contributed by atoms with Crippen LogP contribution in [0.5, 0.6) is 0 Å². The number of halogens is 3. The Balaban J connectivity index is 3.20. The van der Waals surface area contributed by atoms with E-state index in [1.165, 1.54) is 6.07 Å². The molecule has 0 saturated heterocycles. The van der Waals surface area contributed by atoms with Gasteiger partial charge in [0.2, 0.25) is 0 Å². The van der Waals surface area contributed by atoms with Crippen LogP contribution in [0.4, 0.5) is 4.39 Å². The summed E-state index contributed by atoms with van der Waals surface area (Å²) in [6, 6.07) is 7.72. The van der Waals surface area contributed by atoms with Crippen molar-refractivity contribution in [2.45, 2.75) is 31.1 Å². The number of hydrogen-bond donors (Lipinski definition) is 0. The molecule has 0 amide bonds. The van der Waals surface area contributed by atoms with Gasteiger partial charge in [0.25, 0.3) is 0 Å². The van der Waals surface area contributed by atoms with Crippen LogP contribution in [0.3, 0.4) is 0 Å². The van der Waals surface area contributed by atoms with Crippen LogP contribution in [-0.2, 0) is 5.41 Å². The lowest BCUT2D eigenvalue weighted by Crippen LogP contribution is -2.39. The first-order valence-electron chi connectivity index (χ1n) is 5.72. The SMILES string of the molecule is C[Si](C)(C)CC(CCl)(CCl)c1ccccc1F. The molecule has 0 heterocycles. The maximum absolute atomic E-state index is 13.9. The molecule has 0 aliphatic carbocycles. The zero-order chi connectivity index (χ0) is 13.1. The van der Waals surface area contributed by atoms with Crippen molar-refractivity contribution in [2.24, 2.45) is 0 Å². The van der Waals surface area contributed by atoms with Crippen molar-refractivity contribution >= 4 is 31.3 Å². The van der Waals surface area contributed by atoms with Crippen LogP contribution in [0.25, 0.3) is 0 Å². The molecule has 0 aliphatic rings. The maximum Gasteiger partial charge on any atom is 0.127 e. The lowest BCUT2D eigenvalue weighted by molar-refractivity contribution is 0.526. The molecule has 1 aromatic rings. The van der Waals surface area contributed by atoms with Gasteiger partial charge >= 0.3 is 0 Å². The van der Waals surface area contributed by atoms with Gasteiger partial charge in [0.05, 0.1) is 0 Å². The standard InChI is InChI=1S/C13H19Cl2FSi/c1-17(2,3)10-13(8-14,9-15)11-6-4-5-7-12(11)16/h4-7H,8-10H2,1-3H3. The smallest absolute Gasteiger partial charge is 0.127 e. The van der Waals surface area contributed by atoms with Gasteiger partial charge in [-0.2, -0.15) is 0 Å². The van der Waals surface area contributed by atoms with Crippen molar-refractivity contribution in [1.82, 2.24) is 0 Å². The molecule has 1 aromatic carbocycles. The number of rotatable bonds is 5. The van der Waals surface area contributed by atoms with Crippen molar-refractivity contribution in [3.8, 4) is 0 Å². The third-order valence-corrected chi connectivity index (χ3v) is 5.59. The molecule has 0 N–H and O–H groups in total. The van der Waals surface area contributed by atoms with Gasteiger partial charge in [0.15, 0.2) is 0 Å². The topological polar surface area (TPSA) is 0 Å². The van der Waals surface area contributed by atoms with Gasteiger partial charge in [-0.05, 0) is 17.7 Å². The van der Waals surface area contributed by atoms with Crippen LogP contribution in [0.1, 0.15) is 5.56 Å². The molecule has 0 atom stereocenters. The van der Waals surface area contributed by atoms with Crippen molar-refractivity contribution in [1.29, 1.82) is 0 Å². The normalized spacial score (nSPS) is 12.8. The molecular formula is C13H19Cl2FSi. The summed E-state index contributed by atoms with van der Waals surface area (Å²) in [5, 5.41) is 0. The van der Waals surface area contributed by atoms with Gasteiger partial charge in [-0.3, -0.25) is 0 Å². The van der Waals surface area contributed by atoms with Crippen LogP contribution >= 0.6 is 23.2 Å². The monoisotopic (exact) mass is 292 g/mol. The summed E-state index contributed by atoms with van der Waals surface area (Å²) >= 11 is 12.2. The zero-order valence-electron chi connectivity index (χ0n) is 10.6. The fraction of sp³-hybridized carbons (Fsp3) is 0.538. The van der Waals surface area contributed by atoms with Crippen LogP contribution in [0.2, 0.25) is 25.7 Å². The molecule has 0 unspecified atom stereocenters. The van der Waals surface area contributed by atoms with Crippen LogP contribution in [0.15, 0.2) is 24.3 Å². The molecule has 0 fully saturated rings. The highest BCUT2D eigenvalue weighted by atomic mass is 35.5. The van der Waals surface area contributed by atoms with E-state index >= 15 is 0 Å². The molecule has 1 rings (SSSR count). The quantitative estimate of drug-likeness (QED) is 0.536. The van der Waals surface area contributed by atoms with Crippen molar-refractivity contribution < 1.29 is 4.39 Å². The first-order chi connectivity index (χ1) is 7.84. The Morgan fingerprint density at radius 3 is 2.06 bits per heavy atom. The minimum absolute atomic E-state index is 0.202. The molecule has 0 radical (unpaired) electrons. The van der Waals surface area contributed by atoms with Gasteiger partial charge in [-0.15, -0.1) is 23.2 Å². The fourth-order valence-electron chi connectivity index (χ4n) is 2.28. The summed E-state index contributed by atoms with van der Waals surface area (Å²) in [5.74, 6) is 0.524. The predicted molar refractivity (Wildman–Crippen MR) is 77.7 cm³/mol. The fourth-order valence-corrected chi connectivity index (χ4v) is 5.83. The van der Waals surface area contributed by atoms with E-state index in [4.69, 9.17) is 23.2 Å². The Labute approximate surface area is 114 Å². The van der Waals surface area contributed by atoms with Crippen LogP contribution in [-0.4, -0.2) is 19.8 Å². The largest absolute Gasteiger partial charge is 0.207 e. The van der Waals surface area contributed by atoms with Gasteiger partial charge in [-0.25, -0.2) is 4.39 Å². The molecule has 96 valence electrons. The second-order valence-electron chi connectivity index (χ2n) is 5.76. The average Bonchev–Trinajstić information content (AvgIpc) is 2.25. The highest BCUT2D eigenvalue weighted by Crippen LogP contribution is 2.37. The molecule has 0 bridgehead atoms. The molecular weight excluding hydrogens is 274 g/mol. The summed E-state index contributed by atoms with van der Waals surface area (Å²) in [5.41, 5.74) is 0.228. The van der Waals surface area contributed by atoms with E-state index in [-0.39, 0.29) is 5.82 Å². The molecule has 0 spiro atoms. The van der Waals surface area contributed by atoms with Crippen LogP contribution in [0, 0.1) is 5.82 Å². The summed E-state index contributed by atoms with van der Waals surface area (Å²) < 4.78 is 13.9. The molecule has 0 aliphatic heterocycles. The van der Waals surface area contributed by atoms with Crippen molar-refractivity contribution in [3.05, 3.63) is 35.6 Å². The van der Waals surface area contributed by atoms with Gasteiger partial charge < -0.3 is 0 Å². The Kier molecular flexibility index (Phi) is 5.05. The van der Waals surface area contributed by atoms with E-state index in [1.54, 1.807) is 12.1 Å². The molecule has 17 heavy (non-hydrogen) atoms. The zero-order valence-corrected chi connectivity index (χ0v) is 13.1. The van der Waals surface area contributed by atoms with Crippen LogP contribution < -0.4 is 0 Å². The molecule has 0 aromatic heterocycles. The second kappa shape index (κ2) is 5.72. The minimum Gasteiger partial charge on any atom is -0.207 e. The number of alkyl halides is 2. The van der Waals surface area contributed by atoms with E-state index in [2.05, 4.69) is 19.6 Å². The summed E-state index contributed by atoms with van der Waals surface area (Å²) in [4.78, 5) is 0. The third kappa shape index (κ3) is 3.70. The van der Waals surface area contributed by atoms with Gasteiger partial charge in [0, 0.05) is 25.2 Å². The second-order valence-corrected chi connectivity index (χ2v) is 11.8. The summed E-state index contributed by atoms with van der Waals surface area (Å²) in [6.07, 6.45) is 0. The minimum atomic E-state index is -1.38. The van der Waals surface area contributed by atoms with E-state index < -0.39 is 13.5 Å². The van der Waals surface area contributed by atoms with Gasteiger partial charge in [0.1, 0.15) is 5.82 Å².